The second kappa shape index (κ2) is 6.34. The van der Waals surface area contributed by atoms with E-state index >= 15 is 0 Å². The van der Waals surface area contributed by atoms with E-state index in [-0.39, 0.29) is 35.8 Å². The maximum absolute atomic E-state index is 12.1. The number of amides is 2. The van der Waals surface area contributed by atoms with Crippen LogP contribution in [0.2, 0.25) is 0 Å². The number of nitrogens with zero attached hydrogens (tertiary/aromatic N) is 2. The van der Waals surface area contributed by atoms with Crippen LogP contribution in [0.15, 0.2) is 0 Å². The minimum atomic E-state index is -3.02. The first-order chi connectivity index (χ1) is 9.78. The average molecular weight is 316 g/mol. The molecule has 0 aromatic carbocycles. The monoisotopic (exact) mass is 316 g/mol. The average Bonchev–Trinajstić information content (AvgIpc) is 2.78. The fourth-order valence-corrected chi connectivity index (χ4v) is 4.68. The van der Waals surface area contributed by atoms with Gasteiger partial charge in [-0.05, 0) is 25.2 Å². The zero-order valence-electron chi connectivity index (χ0n) is 12.7. The molecule has 2 aliphatic heterocycles. The molecule has 2 fully saturated rings. The molecule has 0 spiro atoms. The third kappa shape index (κ3) is 4.18. The largest absolute Gasteiger partial charge is 0.342 e. The van der Waals surface area contributed by atoms with E-state index in [0.717, 1.165) is 25.9 Å². The topological polar surface area (TPSA) is 74.8 Å². The molecule has 2 rings (SSSR count). The highest BCUT2D eigenvalue weighted by atomic mass is 32.2. The number of sulfone groups is 1. The molecule has 0 aliphatic carbocycles. The number of rotatable bonds is 3. The van der Waals surface area contributed by atoms with E-state index < -0.39 is 9.84 Å². The molecule has 120 valence electrons. The second-order valence-electron chi connectivity index (χ2n) is 6.30. The minimum Gasteiger partial charge on any atom is -0.342 e. The lowest BCUT2D eigenvalue weighted by Gasteiger charge is -2.31. The summed E-state index contributed by atoms with van der Waals surface area (Å²) in [6.07, 6.45) is 2.29. The van der Waals surface area contributed by atoms with Crippen molar-refractivity contribution in [2.24, 2.45) is 5.92 Å². The van der Waals surface area contributed by atoms with Crippen LogP contribution in [0.5, 0.6) is 0 Å². The molecule has 2 amide bonds. The summed E-state index contributed by atoms with van der Waals surface area (Å²) in [6, 6.07) is -0.281. The van der Waals surface area contributed by atoms with Gasteiger partial charge in [0.25, 0.3) is 0 Å². The predicted octanol–water partition coefficient (Wildman–Crippen LogP) is 0.281. The molecule has 2 heterocycles. The van der Waals surface area contributed by atoms with E-state index in [1.807, 2.05) is 0 Å². The van der Waals surface area contributed by atoms with E-state index in [1.165, 1.54) is 4.90 Å². The van der Waals surface area contributed by atoms with Crippen molar-refractivity contribution < 1.29 is 18.0 Å². The summed E-state index contributed by atoms with van der Waals surface area (Å²) < 4.78 is 22.9. The van der Waals surface area contributed by atoms with Crippen LogP contribution < -0.4 is 0 Å². The van der Waals surface area contributed by atoms with Gasteiger partial charge in [-0.2, -0.15) is 0 Å². The summed E-state index contributed by atoms with van der Waals surface area (Å²) in [4.78, 5) is 27.5. The summed E-state index contributed by atoms with van der Waals surface area (Å²) in [5, 5.41) is 0. The van der Waals surface area contributed by atoms with Gasteiger partial charge >= 0.3 is 0 Å². The summed E-state index contributed by atoms with van der Waals surface area (Å²) in [7, 11) is -1.42. The van der Waals surface area contributed by atoms with Crippen molar-refractivity contribution in [2.75, 3.05) is 31.6 Å². The fraction of sp³-hybridized carbons (Fsp3) is 0.857. The Balaban J connectivity index is 1.85. The number of hydrogen-bond acceptors (Lipinski definition) is 4. The second-order valence-corrected chi connectivity index (χ2v) is 8.53. The van der Waals surface area contributed by atoms with Crippen molar-refractivity contribution in [3.05, 3.63) is 0 Å². The quantitative estimate of drug-likeness (QED) is 0.701. The molecule has 0 N–H and O–H groups in total. The lowest BCUT2D eigenvalue weighted by Crippen LogP contribution is -2.43. The first-order valence-electron chi connectivity index (χ1n) is 7.52. The van der Waals surface area contributed by atoms with Gasteiger partial charge in [-0.25, -0.2) is 8.42 Å². The van der Waals surface area contributed by atoms with Crippen LogP contribution in [0, 0.1) is 5.92 Å². The maximum Gasteiger partial charge on any atom is 0.232 e. The van der Waals surface area contributed by atoms with Crippen LogP contribution in [0.4, 0.5) is 0 Å². The molecule has 0 bridgehead atoms. The van der Waals surface area contributed by atoms with Gasteiger partial charge in [0.2, 0.25) is 11.8 Å². The molecule has 0 aromatic heterocycles. The molecule has 0 radical (unpaired) electrons. The highest BCUT2D eigenvalue weighted by Gasteiger charge is 2.33. The van der Waals surface area contributed by atoms with Crippen LogP contribution in [0.25, 0.3) is 0 Å². The SMILES string of the molecule is CC1CCN(C(=O)CC(=O)N(C)C2CCS(=O)(=O)C2)CC1. The molecule has 1 unspecified atom stereocenters. The molecular weight excluding hydrogens is 292 g/mol. The van der Waals surface area contributed by atoms with Gasteiger partial charge in [0.05, 0.1) is 11.5 Å². The van der Waals surface area contributed by atoms with E-state index in [9.17, 15) is 18.0 Å². The molecule has 1 atom stereocenters. The van der Waals surface area contributed by atoms with Gasteiger partial charge in [-0.15, -0.1) is 0 Å². The summed E-state index contributed by atoms with van der Waals surface area (Å²) in [6.45, 7) is 3.60. The number of carbonyl (C=O) groups excluding carboxylic acids is 2. The van der Waals surface area contributed by atoms with Crippen LogP contribution >= 0.6 is 0 Å². The summed E-state index contributed by atoms with van der Waals surface area (Å²) >= 11 is 0. The lowest BCUT2D eigenvalue weighted by molar-refractivity contribution is -0.141. The standard InChI is InChI=1S/C14H24N2O4S/c1-11-3-6-16(7-4-11)14(18)9-13(17)15(2)12-5-8-21(19,20)10-12/h11-12H,3-10H2,1-2H3. The van der Waals surface area contributed by atoms with E-state index in [4.69, 9.17) is 0 Å². The maximum atomic E-state index is 12.1. The molecule has 21 heavy (non-hydrogen) atoms. The molecule has 6 nitrogen and oxygen atoms in total. The van der Waals surface area contributed by atoms with E-state index in [1.54, 1.807) is 11.9 Å². The van der Waals surface area contributed by atoms with Crippen molar-refractivity contribution in [3.8, 4) is 0 Å². The summed E-state index contributed by atoms with van der Waals surface area (Å²) in [5.41, 5.74) is 0. The highest BCUT2D eigenvalue weighted by molar-refractivity contribution is 7.91. The van der Waals surface area contributed by atoms with E-state index in [0.29, 0.717) is 12.3 Å². The Morgan fingerprint density at radius 3 is 2.33 bits per heavy atom. The van der Waals surface area contributed by atoms with Crippen LogP contribution in [-0.4, -0.2) is 67.7 Å². The lowest BCUT2D eigenvalue weighted by atomic mass is 9.99. The Hall–Kier alpha value is -1.11. The molecular formula is C14H24N2O4S. The van der Waals surface area contributed by atoms with Crippen LogP contribution in [0.3, 0.4) is 0 Å². The van der Waals surface area contributed by atoms with Crippen LogP contribution in [-0.2, 0) is 19.4 Å². The van der Waals surface area contributed by atoms with Crippen molar-refractivity contribution in [1.82, 2.24) is 9.80 Å². The molecule has 0 saturated carbocycles. The Bertz CT molecular complexity index is 509. The first kappa shape index (κ1) is 16.3. The Morgan fingerprint density at radius 2 is 1.81 bits per heavy atom. The van der Waals surface area contributed by atoms with Gasteiger partial charge in [0, 0.05) is 26.2 Å². The number of hydrogen-bond donors (Lipinski definition) is 0. The smallest absolute Gasteiger partial charge is 0.232 e. The molecule has 7 heteroatoms. The van der Waals surface area contributed by atoms with Gasteiger partial charge in [0.15, 0.2) is 9.84 Å². The van der Waals surface area contributed by atoms with Crippen molar-refractivity contribution in [2.45, 2.75) is 38.6 Å². The third-order valence-corrected chi connectivity index (χ3v) is 6.34. The Morgan fingerprint density at radius 1 is 1.19 bits per heavy atom. The minimum absolute atomic E-state index is 0.0185. The van der Waals surface area contributed by atoms with Crippen LogP contribution in [0.1, 0.15) is 32.6 Å². The van der Waals surface area contributed by atoms with Crippen molar-refractivity contribution in [1.29, 1.82) is 0 Å². The zero-order chi connectivity index (χ0) is 15.6. The molecule has 2 saturated heterocycles. The van der Waals surface area contributed by atoms with Crippen molar-refractivity contribution in [3.63, 3.8) is 0 Å². The van der Waals surface area contributed by atoms with Crippen molar-refractivity contribution >= 4 is 21.7 Å². The van der Waals surface area contributed by atoms with Gasteiger partial charge in [0.1, 0.15) is 6.42 Å². The fourth-order valence-electron chi connectivity index (χ4n) is 2.91. The Kier molecular flexibility index (Phi) is 4.91. The third-order valence-electron chi connectivity index (χ3n) is 4.59. The zero-order valence-corrected chi connectivity index (χ0v) is 13.6. The molecule has 2 aliphatic rings. The first-order valence-corrected chi connectivity index (χ1v) is 9.34. The van der Waals surface area contributed by atoms with E-state index in [2.05, 4.69) is 6.92 Å². The number of likely N-dealkylation sites (tertiary alicyclic amines) is 1. The number of piperidine rings is 1. The predicted molar refractivity (Wildman–Crippen MR) is 79.4 cm³/mol. The normalized spacial score (nSPS) is 25.8. The Labute approximate surface area is 126 Å². The summed E-state index contributed by atoms with van der Waals surface area (Å²) in [5.74, 6) is 0.370. The highest BCUT2D eigenvalue weighted by Crippen LogP contribution is 2.19. The molecule has 0 aromatic rings. The van der Waals surface area contributed by atoms with Gasteiger partial charge < -0.3 is 9.80 Å². The number of carbonyl (C=O) groups is 2. The van der Waals surface area contributed by atoms with Gasteiger partial charge in [-0.1, -0.05) is 6.92 Å². The van der Waals surface area contributed by atoms with Gasteiger partial charge in [-0.3, -0.25) is 9.59 Å².